The van der Waals surface area contributed by atoms with Crippen molar-refractivity contribution in [3.8, 4) is 0 Å². The molecule has 2 fully saturated rings. The molecule has 2 aliphatic rings. The largest absolute Gasteiger partial charge is 0.383 e. The molecule has 0 aliphatic carbocycles. The Morgan fingerprint density at radius 2 is 1.46 bits per heavy atom. The first kappa shape index (κ1) is 19.1. The van der Waals surface area contributed by atoms with Gasteiger partial charge in [-0.2, -0.15) is 0 Å². The van der Waals surface area contributed by atoms with Gasteiger partial charge in [0.2, 0.25) is 0 Å². The van der Waals surface area contributed by atoms with Crippen LogP contribution in [0.4, 0.5) is 4.79 Å². The Bertz CT molecular complexity index is 486. The minimum Gasteiger partial charge on any atom is -0.383 e. The summed E-state index contributed by atoms with van der Waals surface area (Å²) in [5.74, 6) is -0.128. The van der Waals surface area contributed by atoms with Gasteiger partial charge in [-0.25, -0.2) is 4.79 Å². The van der Waals surface area contributed by atoms with Gasteiger partial charge in [0.05, 0.1) is 19.8 Å². The third-order valence-corrected chi connectivity index (χ3v) is 5.21. The summed E-state index contributed by atoms with van der Waals surface area (Å²) in [5.41, 5.74) is -1.30. The fraction of sp³-hybridized carbons (Fsp3) is 0.882. The van der Waals surface area contributed by atoms with Crippen molar-refractivity contribution in [2.45, 2.75) is 57.2 Å². The van der Waals surface area contributed by atoms with Crippen LogP contribution in [0.15, 0.2) is 0 Å². The van der Waals surface area contributed by atoms with Crippen molar-refractivity contribution >= 4 is 11.9 Å². The van der Waals surface area contributed by atoms with Gasteiger partial charge in [0.1, 0.15) is 5.54 Å². The number of nitrogens with one attached hydrogen (secondary N) is 1. The molecule has 0 aromatic rings. The van der Waals surface area contributed by atoms with Crippen LogP contribution in [0.5, 0.6) is 0 Å². The van der Waals surface area contributed by atoms with Gasteiger partial charge in [-0.15, -0.1) is 0 Å². The number of likely N-dealkylation sites (tertiary alicyclic amines) is 1. The maximum absolute atomic E-state index is 13.0. The van der Waals surface area contributed by atoms with Crippen LogP contribution in [0.2, 0.25) is 0 Å². The summed E-state index contributed by atoms with van der Waals surface area (Å²) in [6.45, 7) is 10.6. The average Bonchev–Trinajstić information content (AvgIpc) is 2.65. The van der Waals surface area contributed by atoms with Crippen molar-refractivity contribution in [2.24, 2.45) is 0 Å². The van der Waals surface area contributed by atoms with Gasteiger partial charge in [-0.3, -0.25) is 14.6 Å². The molecule has 1 spiro atoms. The maximum atomic E-state index is 13.0. The quantitative estimate of drug-likeness (QED) is 0.736. The summed E-state index contributed by atoms with van der Waals surface area (Å²) in [7, 11) is 3.26. The Morgan fingerprint density at radius 1 is 0.958 bits per heavy atom. The molecule has 7 heteroatoms. The van der Waals surface area contributed by atoms with Gasteiger partial charge in [0.25, 0.3) is 5.91 Å². The second-order valence-electron chi connectivity index (χ2n) is 8.08. The van der Waals surface area contributed by atoms with E-state index in [1.807, 2.05) is 0 Å². The Kier molecular flexibility index (Phi) is 5.28. The number of carbonyl (C=O) groups excluding carboxylic acids is 2. The number of amides is 3. The van der Waals surface area contributed by atoms with Crippen LogP contribution in [0, 0.1) is 0 Å². The molecule has 7 nitrogen and oxygen atoms in total. The summed E-state index contributed by atoms with van der Waals surface area (Å²) in [5, 5.41) is 2.99. The van der Waals surface area contributed by atoms with Crippen LogP contribution in [-0.2, 0) is 14.3 Å². The topological polar surface area (TPSA) is 71.1 Å². The van der Waals surface area contributed by atoms with Gasteiger partial charge in [0.15, 0.2) is 0 Å². The molecule has 2 rings (SSSR count). The van der Waals surface area contributed by atoms with Crippen LogP contribution >= 0.6 is 0 Å². The lowest BCUT2D eigenvalue weighted by molar-refractivity contribution is -0.141. The lowest BCUT2D eigenvalue weighted by atomic mass is 9.69. The van der Waals surface area contributed by atoms with Crippen molar-refractivity contribution < 1.29 is 19.1 Å². The molecule has 24 heavy (non-hydrogen) atoms. The highest BCUT2D eigenvalue weighted by Crippen LogP contribution is 2.45. The number of urea groups is 1. The highest BCUT2D eigenvalue weighted by molar-refractivity contribution is 6.07. The standard InChI is InChI=1S/C17H31N3O4/c1-15(2)11-17(12-16(3,4)20(15)8-10-24-6)13(21)19(7-9-23-5)14(22)18-17/h7-12H2,1-6H3,(H,18,22). The van der Waals surface area contributed by atoms with E-state index in [2.05, 4.69) is 37.9 Å². The Balaban J connectivity index is 2.27. The minimum atomic E-state index is -0.832. The summed E-state index contributed by atoms with van der Waals surface area (Å²) in [6.07, 6.45) is 1.17. The predicted octanol–water partition coefficient (Wildman–Crippen LogP) is 1.22. The first-order valence-electron chi connectivity index (χ1n) is 8.49. The zero-order valence-electron chi connectivity index (χ0n) is 15.8. The van der Waals surface area contributed by atoms with Gasteiger partial charge in [-0.1, -0.05) is 0 Å². The maximum Gasteiger partial charge on any atom is 0.325 e. The molecular formula is C17H31N3O4. The summed E-state index contributed by atoms with van der Waals surface area (Å²) in [4.78, 5) is 29.1. The second-order valence-corrected chi connectivity index (χ2v) is 8.08. The summed E-state index contributed by atoms with van der Waals surface area (Å²) in [6, 6.07) is -0.311. The first-order valence-corrected chi connectivity index (χ1v) is 8.49. The highest BCUT2D eigenvalue weighted by atomic mass is 16.5. The average molecular weight is 341 g/mol. The van der Waals surface area contributed by atoms with Crippen LogP contribution in [-0.4, -0.2) is 78.9 Å². The van der Waals surface area contributed by atoms with E-state index < -0.39 is 5.54 Å². The third kappa shape index (κ3) is 3.30. The molecule has 0 bridgehead atoms. The molecule has 0 radical (unpaired) electrons. The lowest BCUT2D eigenvalue weighted by Crippen LogP contribution is -2.70. The van der Waals surface area contributed by atoms with Crippen LogP contribution in [0.25, 0.3) is 0 Å². The second kappa shape index (κ2) is 6.61. The van der Waals surface area contributed by atoms with Crippen LogP contribution in [0.1, 0.15) is 40.5 Å². The number of hydrogen-bond donors (Lipinski definition) is 1. The van der Waals surface area contributed by atoms with E-state index in [4.69, 9.17) is 9.47 Å². The number of hydrogen-bond acceptors (Lipinski definition) is 5. The zero-order chi connectivity index (χ0) is 18.2. The number of rotatable bonds is 6. The minimum absolute atomic E-state index is 0.128. The summed E-state index contributed by atoms with van der Waals surface area (Å²) < 4.78 is 10.3. The van der Waals surface area contributed by atoms with Gasteiger partial charge in [-0.05, 0) is 40.5 Å². The van der Waals surface area contributed by atoms with Crippen molar-refractivity contribution in [1.29, 1.82) is 0 Å². The molecule has 0 saturated carbocycles. The number of imide groups is 1. The predicted molar refractivity (Wildman–Crippen MR) is 90.8 cm³/mol. The number of methoxy groups -OCH3 is 2. The Morgan fingerprint density at radius 3 is 1.96 bits per heavy atom. The third-order valence-electron chi connectivity index (χ3n) is 5.21. The van der Waals surface area contributed by atoms with Gasteiger partial charge < -0.3 is 14.8 Å². The fourth-order valence-electron chi connectivity index (χ4n) is 4.64. The molecular weight excluding hydrogens is 310 g/mol. The van der Waals surface area contributed by atoms with Crippen LogP contribution in [0.3, 0.4) is 0 Å². The van der Waals surface area contributed by atoms with Crippen molar-refractivity contribution in [2.75, 3.05) is 40.5 Å². The monoisotopic (exact) mass is 341 g/mol. The van der Waals surface area contributed by atoms with Gasteiger partial charge >= 0.3 is 6.03 Å². The first-order chi connectivity index (χ1) is 11.1. The van der Waals surface area contributed by atoms with Crippen molar-refractivity contribution in [3.05, 3.63) is 0 Å². The van der Waals surface area contributed by atoms with E-state index in [-0.39, 0.29) is 29.6 Å². The van der Waals surface area contributed by atoms with E-state index >= 15 is 0 Å². The van der Waals surface area contributed by atoms with Crippen molar-refractivity contribution in [3.63, 3.8) is 0 Å². The SMILES string of the molecule is COCCN1C(=O)NC2(CC(C)(C)N(CCOC)C(C)(C)C2)C1=O. The van der Waals surface area contributed by atoms with Crippen molar-refractivity contribution in [1.82, 2.24) is 15.1 Å². The molecule has 2 aliphatic heterocycles. The molecule has 3 amide bonds. The molecule has 0 aromatic carbocycles. The van der Waals surface area contributed by atoms with E-state index in [0.29, 0.717) is 26.1 Å². The lowest BCUT2D eigenvalue weighted by Gasteiger charge is -2.57. The number of nitrogens with zero attached hydrogens (tertiary/aromatic N) is 2. The normalized spacial score (nSPS) is 25.3. The van der Waals surface area contributed by atoms with Gasteiger partial charge in [0, 0.05) is 31.8 Å². The molecule has 2 saturated heterocycles. The molecule has 2 heterocycles. The number of piperidine rings is 1. The molecule has 0 unspecified atom stereocenters. The molecule has 1 N–H and O–H groups in total. The number of ether oxygens (including phenoxy) is 2. The smallest absolute Gasteiger partial charge is 0.325 e. The molecule has 0 atom stereocenters. The summed E-state index contributed by atoms with van der Waals surface area (Å²) >= 11 is 0. The van der Waals surface area contributed by atoms with E-state index in [1.54, 1.807) is 14.2 Å². The Hall–Kier alpha value is -1.18. The fourth-order valence-corrected chi connectivity index (χ4v) is 4.64. The Labute approximate surface area is 144 Å². The van der Waals surface area contributed by atoms with E-state index in [9.17, 15) is 9.59 Å². The highest BCUT2D eigenvalue weighted by Gasteiger charge is 2.60. The molecule has 138 valence electrons. The van der Waals surface area contributed by atoms with Crippen LogP contribution < -0.4 is 5.32 Å². The zero-order valence-corrected chi connectivity index (χ0v) is 15.8. The van der Waals surface area contributed by atoms with E-state index in [1.165, 1.54) is 4.90 Å². The number of carbonyl (C=O) groups is 2. The molecule has 0 aromatic heterocycles. The van der Waals surface area contributed by atoms with E-state index in [0.717, 1.165) is 6.54 Å².